The topological polar surface area (TPSA) is 74.4 Å². The van der Waals surface area contributed by atoms with E-state index in [1.165, 1.54) is 4.90 Å². The number of H-pyrrole nitrogens is 1. The molecule has 1 atom stereocenters. The van der Waals surface area contributed by atoms with E-state index < -0.39 is 6.10 Å². The van der Waals surface area contributed by atoms with Crippen molar-refractivity contribution < 1.29 is 14.3 Å². The maximum absolute atomic E-state index is 12.4. The number of hydrogen-bond donors (Lipinski definition) is 2. The van der Waals surface area contributed by atoms with Crippen LogP contribution in [-0.4, -0.2) is 29.4 Å². The van der Waals surface area contributed by atoms with Crippen molar-refractivity contribution in [3.63, 3.8) is 0 Å². The van der Waals surface area contributed by atoms with Crippen molar-refractivity contribution in [1.29, 1.82) is 0 Å². The van der Waals surface area contributed by atoms with E-state index in [9.17, 15) is 9.59 Å². The maximum atomic E-state index is 12.4. The lowest BCUT2D eigenvalue weighted by Gasteiger charge is -2.32. The fourth-order valence-electron chi connectivity index (χ4n) is 3.14. The van der Waals surface area contributed by atoms with E-state index in [-0.39, 0.29) is 18.4 Å². The molecule has 2 amide bonds. The first-order valence-electron chi connectivity index (χ1n) is 8.52. The number of rotatable bonds is 4. The van der Waals surface area contributed by atoms with Crippen molar-refractivity contribution in [2.45, 2.75) is 19.6 Å². The zero-order chi connectivity index (χ0) is 18.1. The van der Waals surface area contributed by atoms with Crippen LogP contribution in [0.5, 0.6) is 5.75 Å². The number of nitrogens with one attached hydrogen (secondary N) is 2. The van der Waals surface area contributed by atoms with Crippen molar-refractivity contribution in [2.24, 2.45) is 0 Å². The first kappa shape index (κ1) is 16.2. The van der Waals surface area contributed by atoms with Gasteiger partial charge >= 0.3 is 0 Å². The largest absolute Gasteiger partial charge is 0.479 e. The summed E-state index contributed by atoms with van der Waals surface area (Å²) >= 11 is 0. The van der Waals surface area contributed by atoms with Crippen molar-refractivity contribution in [2.75, 3.05) is 11.4 Å². The minimum Gasteiger partial charge on any atom is -0.479 e. The number of para-hydroxylation sites is 3. The molecule has 2 heterocycles. The molecule has 1 aliphatic heterocycles. The quantitative estimate of drug-likeness (QED) is 0.760. The predicted octanol–water partition coefficient (Wildman–Crippen LogP) is 2.60. The van der Waals surface area contributed by atoms with Crippen LogP contribution in [0.3, 0.4) is 0 Å². The summed E-state index contributed by atoms with van der Waals surface area (Å²) in [6.07, 6.45) is -0.605. The van der Waals surface area contributed by atoms with Crippen LogP contribution >= 0.6 is 0 Å². The number of carbonyl (C=O) groups excluding carboxylic acids is 2. The summed E-state index contributed by atoms with van der Waals surface area (Å²) in [5, 5.41) is 3.97. The second-order valence-electron chi connectivity index (χ2n) is 6.31. The highest BCUT2D eigenvalue weighted by molar-refractivity contribution is 6.03. The number of fused-ring (bicyclic) bond motifs is 2. The fraction of sp³-hybridized carbons (Fsp3) is 0.200. The standard InChI is InChI=1S/C20H19N3O3/c1-13-20(25)23(17-8-4-5-9-18(17)26-13)12-19(24)21-11-15-10-14-6-2-3-7-16(14)22-15/h2-10,13,22H,11-12H2,1H3,(H,21,24)/t13-/m0/s1. The molecular formula is C20H19N3O3. The second-order valence-corrected chi connectivity index (χ2v) is 6.31. The highest BCUT2D eigenvalue weighted by Gasteiger charge is 2.32. The van der Waals surface area contributed by atoms with Gasteiger partial charge < -0.3 is 15.0 Å². The maximum Gasteiger partial charge on any atom is 0.268 e. The van der Waals surface area contributed by atoms with Crippen molar-refractivity contribution in [1.82, 2.24) is 10.3 Å². The first-order valence-corrected chi connectivity index (χ1v) is 8.52. The molecule has 26 heavy (non-hydrogen) atoms. The highest BCUT2D eigenvalue weighted by atomic mass is 16.5. The predicted molar refractivity (Wildman–Crippen MR) is 99.0 cm³/mol. The lowest BCUT2D eigenvalue weighted by molar-refractivity contribution is -0.128. The van der Waals surface area contributed by atoms with Gasteiger partial charge in [-0.15, -0.1) is 0 Å². The molecule has 0 aliphatic carbocycles. The molecule has 0 radical (unpaired) electrons. The molecule has 1 aliphatic rings. The minimum absolute atomic E-state index is 0.0379. The van der Waals surface area contributed by atoms with Gasteiger partial charge in [0.25, 0.3) is 5.91 Å². The van der Waals surface area contributed by atoms with Crippen molar-refractivity contribution >= 4 is 28.4 Å². The summed E-state index contributed by atoms with van der Waals surface area (Å²) < 4.78 is 5.59. The fourth-order valence-corrected chi connectivity index (χ4v) is 3.14. The molecule has 0 fully saturated rings. The van der Waals surface area contributed by atoms with E-state index in [0.29, 0.717) is 18.0 Å². The molecule has 0 spiro atoms. The summed E-state index contributed by atoms with van der Waals surface area (Å²) in [5.41, 5.74) is 2.57. The average molecular weight is 349 g/mol. The number of benzene rings is 2. The van der Waals surface area contributed by atoms with Crippen LogP contribution in [-0.2, 0) is 16.1 Å². The zero-order valence-corrected chi connectivity index (χ0v) is 14.4. The van der Waals surface area contributed by atoms with Gasteiger partial charge in [0.1, 0.15) is 12.3 Å². The smallest absolute Gasteiger partial charge is 0.268 e. The van der Waals surface area contributed by atoms with E-state index in [1.54, 1.807) is 19.1 Å². The van der Waals surface area contributed by atoms with Crippen LogP contribution in [0.4, 0.5) is 5.69 Å². The van der Waals surface area contributed by atoms with Crippen LogP contribution in [0.15, 0.2) is 54.6 Å². The summed E-state index contributed by atoms with van der Waals surface area (Å²) in [6.45, 7) is 2.03. The van der Waals surface area contributed by atoms with Crippen LogP contribution in [0.1, 0.15) is 12.6 Å². The lowest BCUT2D eigenvalue weighted by atomic mass is 10.2. The molecule has 2 N–H and O–H groups in total. The van der Waals surface area contributed by atoms with E-state index in [2.05, 4.69) is 10.3 Å². The molecule has 132 valence electrons. The molecule has 6 heteroatoms. The molecular weight excluding hydrogens is 330 g/mol. The van der Waals surface area contributed by atoms with Gasteiger partial charge in [0.05, 0.1) is 12.2 Å². The van der Waals surface area contributed by atoms with Crippen LogP contribution in [0, 0.1) is 0 Å². The third kappa shape index (κ3) is 3.01. The number of ether oxygens (including phenoxy) is 1. The Morgan fingerprint density at radius 2 is 1.96 bits per heavy atom. The number of anilines is 1. The summed E-state index contributed by atoms with van der Waals surface area (Å²) in [5.74, 6) is 0.174. The Kier molecular flexibility index (Phi) is 4.08. The Bertz CT molecular complexity index is 946. The van der Waals surface area contributed by atoms with Gasteiger partial charge in [-0.25, -0.2) is 0 Å². The Morgan fingerprint density at radius 3 is 2.81 bits per heavy atom. The SMILES string of the molecule is C[C@@H]1Oc2ccccc2N(CC(=O)NCc2cc3ccccc3[nH]2)C1=O. The number of nitrogens with zero attached hydrogens (tertiary/aromatic N) is 1. The Balaban J connectivity index is 1.45. The van der Waals surface area contributed by atoms with Crippen molar-refractivity contribution in [3.8, 4) is 5.75 Å². The molecule has 3 aromatic rings. The van der Waals surface area contributed by atoms with E-state index >= 15 is 0 Å². The highest BCUT2D eigenvalue weighted by Crippen LogP contribution is 2.33. The number of aromatic amines is 1. The van der Waals surface area contributed by atoms with Gasteiger partial charge in [-0.3, -0.25) is 14.5 Å². The molecule has 2 aromatic carbocycles. The number of carbonyl (C=O) groups is 2. The van der Waals surface area contributed by atoms with Gasteiger partial charge in [0, 0.05) is 11.2 Å². The number of aromatic nitrogens is 1. The molecule has 4 rings (SSSR count). The Morgan fingerprint density at radius 1 is 1.19 bits per heavy atom. The molecule has 0 saturated carbocycles. The van der Waals surface area contributed by atoms with E-state index in [1.807, 2.05) is 42.5 Å². The van der Waals surface area contributed by atoms with Crippen LogP contribution in [0.2, 0.25) is 0 Å². The van der Waals surface area contributed by atoms with E-state index in [4.69, 9.17) is 4.74 Å². The first-order chi connectivity index (χ1) is 12.6. The monoisotopic (exact) mass is 349 g/mol. The number of hydrogen-bond acceptors (Lipinski definition) is 3. The van der Waals surface area contributed by atoms with Crippen LogP contribution < -0.4 is 15.0 Å². The third-order valence-corrected chi connectivity index (χ3v) is 4.44. The van der Waals surface area contributed by atoms with Crippen molar-refractivity contribution in [3.05, 3.63) is 60.3 Å². The third-order valence-electron chi connectivity index (χ3n) is 4.44. The Hall–Kier alpha value is -3.28. The minimum atomic E-state index is -0.605. The van der Waals surface area contributed by atoms with E-state index in [0.717, 1.165) is 16.6 Å². The van der Waals surface area contributed by atoms with Gasteiger partial charge in [0.2, 0.25) is 5.91 Å². The van der Waals surface area contributed by atoms with Gasteiger partial charge in [-0.2, -0.15) is 0 Å². The van der Waals surface area contributed by atoms with Gasteiger partial charge in [0.15, 0.2) is 6.10 Å². The molecule has 0 unspecified atom stereocenters. The van der Waals surface area contributed by atoms with Gasteiger partial charge in [-0.1, -0.05) is 30.3 Å². The molecule has 0 saturated heterocycles. The summed E-state index contributed by atoms with van der Waals surface area (Å²) in [6, 6.07) is 17.2. The summed E-state index contributed by atoms with van der Waals surface area (Å²) in [4.78, 5) is 29.6. The number of amides is 2. The molecule has 1 aromatic heterocycles. The normalized spacial score (nSPS) is 16.3. The Labute approximate surface area is 150 Å². The second kappa shape index (κ2) is 6.55. The average Bonchev–Trinajstić information content (AvgIpc) is 3.07. The summed E-state index contributed by atoms with van der Waals surface area (Å²) in [7, 11) is 0. The zero-order valence-electron chi connectivity index (χ0n) is 14.4. The van der Waals surface area contributed by atoms with Gasteiger partial charge in [-0.05, 0) is 36.6 Å². The molecule has 6 nitrogen and oxygen atoms in total. The molecule has 0 bridgehead atoms. The van der Waals surface area contributed by atoms with Crippen LogP contribution in [0.25, 0.3) is 10.9 Å². The lowest BCUT2D eigenvalue weighted by Crippen LogP contribution is -2.48.